The molecule has 0 aromatic heterocycles. The third-order valence-corrected chi connectivity index (χ3v) is 3.55. The molecule has 0 aliphatic rings. The van der Waals surface area contributed by atoms with Crippen LogP contribution in [0, 0.1) is 10.1 Å². The van der Waals surface area contributed by atoms with Crippen LogP contribution in [0.3, 0.4) is 0 Å². The predicted molar refractivity (Wildman–Crippen MR) is 97.2 cm³/mol. The minimum Gasteiger partial charge on any atom is -0.395 e. The Kier molecular flexibility index (Phi) is 6.77. The first-order valence-corrected chi connectivity index (χ1v) is 8.05. The molecular formula is C17H17F3N4O4. The van der Waals surface area contributed by atoms with Crippen molar-refractivity contribution in [2.45, 2.75) is 6.18 Å². The second-order valence-electron chi connectivity index (χ2n) is 5.62. The summed E-state index contributed by atoms with van der Waals surface area (Å²) in [5, 5.41) is 27.7. The van der Waals surface area contributed by atoms with Crippen LogP contribution < -0.4 is 16.0 Å². The highest BCUT2D eigenvalue weighted by Gasteiger charge is 2.30. The Morgan fingerprint density at radius 2 is 1.86 bits per heavy atom. The number of alkyl halides is 3. The average molecular weight is 398 g/mol. The molecular weight excluding hydrogens is 381 g/mol. The van der Waals surface area contributed by atoms with Crippen molar-refractivity contribution in [1.29, 1.82) is 0 Å². The Labute approximate surface area is 157 Å². The molecule has 0 atom stereocenters. The molecule has 0 aliphatic heterocycles. The quantitative estimate of drug-likeness (QED) is 0.401. The maximum atomic E-state index is 12.7. The van der Waals surface area contributed by atoms with Gasteiger partial charge in [0.05, 0.1) is 35.0 Å². The molecule has 11 heteroatoms. The van der Waals surface area contributed by atoms with E-state index in [4.69, 9.17) is 5.11 Å². The lowest BCUT2D eigenvalue weighted by atomic mass is 10.2. The number of nitrogens with one attached hydrogen (secondary N) is 3. The van der Waals surface area contributed by atoms with E-state index in [2.05, 4.69) is 16.0 Å². The van der Waals surface area contributed by atoms with Crippen LogP contribution in [-0.4, -0.2) is 35.6 Å². The molecule has 2 aromatic carbocycles. The number of carbonyl (C=O) groups is 1. The highest BCUT2D eigenvalue weighted by Crippen LogP contribution is 2.31. The van der Waals surface area contributed by atoms with Crippen molar-refractivity contribution >= 4 is 28.7 Å². The van der Waals surface area contributed by atoms with E-state index in [1.54, 1.807) is 0 Å². The van der Waals surface area contributed by atoms with Crippen molar-refractivity contribution in [1.82, 2.24) is 0 Å². The summed E-state index contributed by atoms with van der Waals surface area (Å²) in [5.41, 5.74) is -0.476. The first-order valence-electron chi connectivity index (χ1n) is 8.05. The molecule has 1 amide bonds. The van der Waals surface area contributed by atoms with Crippen LogP contribution in [0.15, 0.2) is 42.5 Å². The van der Waals surface area contributed by atoms with Gasteiger partial charge in [0.15, 0.2) is 0 Å². The fraction of sp³-hybridized carbons (Fsp3) is 0.235. The van der Waals surface area contributed by atoms with Gasteiger partial charge in [-0.25, -0.2) is 0 Å². The van der Waals surface area contributed by atoms with Crippen LogP contribution in [0.25, 0.3) is 0 Å². The number of aliphatic hydroxyl groups excluding tert-OH is 1. The molecule has 4 N–H and O–H groups in total. The molecule has 0 spiro atoms. The van der Waals surface area contributed by atoms with Gasteiger partial charge >= 0.3 is 6.18 Å². The molecule has 0 unspecified atom stereocenters. The first-order chi connectivity index (χ1) is 13.2. The lowest BCUT2D eigenvalue weighted by Crippen LogP contribution is -2.22. The van der Waals surface area contributed by atoms with E-state index in [1.165, 1.54) is 30.3 Å². The average Bonchev–Trinajstić information content (AvgIpc) is 2.64. The molecule has 0 heterocycles. The Hall–Kier alpha value is -3.34. The Bertz CT molecular complexity index is 859. The van der Waals surface area contributed by atoms with Crippen LogP contribution in [0.1, 0.15) is 5.56 Å². The second-order valence-corrected chi connectivity index (χ2v) is 5.62. The number of hydrogen-bond acceptors (Lipinski definition) is 6. The van der Waals surface area contributed by atoms with Crippen LogP contribution in [0.4, 0.5) is 35.9 Å². The summed E-state index contributed by atoms with van der Waals surface area (Å²) in [6.07, 6.45) is -4.53. The number of nitro groups is 1. The van der Waals surface area contributed by atoms with Gasteiger partial charge in [-0.2, -0.15) is 13.2 Å². The fourth-order valence-corrected chi connectivity index (χ4v) is 2.29. The van der Waals surface area contributed by atoms with Gasteiger partial charge in [-0.15, -0.1) is 0 Å². The van der Waals surface area contributed by atoms with Crippen molar-refractivity contribution in [3.8, 4) is 0 Å². The number of non-ortho nitro benzene ring substituents is 1. The van der Waals surface area contributed by atoms with Gasteiger partial charge in [-0.1, -0.05) is 6.07 Å². The maximum Gasteiger partial charge on any atom is 0.416 e. The third-order valence-electron chi connectivity index (χ3n) is 3.55. The number of halogens is 3. The zero-order valence-electron chi connectivity index (χ0n) is 14.4. The van der Waals surface area contributed by atoms with Gasteiger partial charge < -0.3 is 21.1 Å². The topological polar surface area (TPSA) is 117 Å². The van der Waals surface area contributed by atoms with Gasteiger partial charge in [0.2, 0.25) is 5.91 Å². The number of rotatable bonds is 8. The number of carbonyl (C=O) groups excluding carboxylic acids is 1. The number of hydrogen-bond donors (Lipinski definition) is 4. The van der Waals surface area contributed by atoms with Gasteiger partial charge in [0.1, 0.15) is 0 Å². The first kappa shape index (κ1) is 21.0. The molecule has 0 bridgehead atoms. The number of benzene rings is 2. The fourth-order valence-electron chi connectivity index (χ4n) is 2.29. The van der Waals surface area contributed by atoms with Crippen LogP contribution in [0.5, 0.6) is 0 Å². The van der Waals surface area contributed by atoms with E-state index >= 15 is 0 Å². The minimum atomic E-state index is -4.53. The van der Waals surface area contributed by atoms with E-state index in [-0.39, 0.29) is 36.8 Å². The van der Waals surface area contributed by atoms with Crippen molar-refractivity contribution in [3.63, 3.8) is 0 Å². The smallest absolute Gasteiger partial charge is 0.395 e. The lowest BCUT2D eigenvalue weighted by Gasteiger charge is -2.14. The van der Waals surface area contributed by atoms with Gasteiger partial charge in [-0.3, -0.25) is 14.9 Å². The minimum absolute atomic E-state index is 0.0284. The maximum absolute atomic E-state index is 12.7. The van der Waals surface area contributed by atoms with E-state index in [0.29, 0.717) is 5.69 Å². The number of aliphatic hydroxyl groups is 1. The summed E-state index contributed by atoms with van der Waals surface area (Å²) in [5.74, 6) is -0.640. The molecule has 0 fully saturated rings. The molecule has 150 valence electrons. The normalized spacial score (nSPS) is 11.0. The zero-order chi connectivity index (χ0) is 20.7. The van der Waals surface area contributed by atoms with Gasteiger partial charge in [0.25, 0.3) is 5.69 Å². The molecule has 0 aliphatic carbocycles. The van der Waals surface area contributed by atoms with Gasteiger partial charge in [-0.05, 0) is 24.3 Å². The summed E-state index contributed by atoms with van der Waals surface area (Å²) in [4.78, 5) is 22.4. The Morgan fingerprint density at radius 1 is 1.11 bits per heavy atom. The number of nitro benzene ring substituents is 1. The largest absolute Gasteiger partial charge is 0.416 e. The van der Waals surface area contributed by atoms with E-state index < -0.39 is 22.6 Å². The van der Waals surface area contributed by atoms with Crippen LogP contribution in [0.2, 0.25) is 0 Å². The van der Waals surface area contributed by atoms with Crippen molar-refractivity contribution in [3.05, 3.63) is 58.1 Å². The van der Waals surface area contributed by atoms with E-state index in [0.717, 1.165) is 12.1 Å². The third kappa shape index (κ3) is 5.84. The zero-order valence-corrected chi connectivity index (χ0v) is 14.4. The standard InChI is InChI=1S/C17H17F3N4O4/c18-17(19,20)11-2-1-3-12(8-11)23-16(26)10-22-15-9-13(24(27)28)4-5-14(15)21-6-7-25/h1-5,8-9,21-22,25H,6-7,10H2,(H,23,26). The second kappa shape index (κ2) is 9.04. The molecule has 0 saturated heterocycles. The highest BCUT2D eigenvalue weighted by atomic mass is 19.4. The van der Waals surface area contributed by atoms with E-state index in [1.807, 2.05) is 0 Å². The number of anilines is 3. The van der Waals surface area contributed by atoms with E-state index in [9.17, 15) is 28.1 Å². The van der Waals surface area contributed by atoms with Crippen molar-refractivity contribution in [2.24, 2.45) is 0 Å². The SMILES string of the molecule is O=C(CNc1cc([N+](=O)[O-])ccc1NCCO)Nc1cccc(C(F)(F)F)c1. The summed E-state index contributed by atoms with van der Waals surface area (Å²) < 4.78 is 38.2. The van der Waals surface area contributed by atoms with Crippen LogP contribution in [-0.2, 0) is 11.0 Å². The van der Waals surface area contributed by atoms with Gasteiger partial charge in [0, 0.05) is 24.4 Å². The molecule has 0 radical (unpaired) electrons. The van der Waals surface area contributed by atoms with Crippen molar-refractivity contribution < 1.29 is 28.0 Å². The Balaban J connectivity index is 2.07. The summed E-state index contributed by atoms with van der Waals surface area (Å²) in [6, 6.07) is 8.05. The highest BCUT2D eigenvalue weighted by molar-refractivity contribution is 5.94. The summed E-state index contributed by atoms with van der Waals surface area (Å²) >= 11 is 0. The Morgan fingerprint density at radius 3 is 2.50 bits per heavy atom. The molecule has 8 nitrogen and oxygen atoms in total. The molecule has 0 saturated carbocycles. The monoisotopic (exact) mass is 398 g/mol. The van der Waals surface area contributed by atoms with Crippen LogP contribution >= 0.6 is 0 Å². The predicted octanol–water partition coefficient (Wildman–Crippen LogP) is 3.07. The van der Waals surface area contributed by atoms with Crippen molar-refractivity contribution in [2.75, 3.05) is 35.6 Å². The molecule has 2 rings (SSSR count). The molecule has 2 aromatic rings. The summed E-state index contributed by atoms with van der Waals surface area (Å²) in [6.45, 7) is -0.333. The lowest BCUT2D eigenvalue weighted by molar-refractivity contribution is -0.384. The number of amides is 1. The summed E-state index contributed by atoms with van der Waals surface area (Å²) in [7, 11) is 0. The number of nitrogens with zero attached hydrogens (tertiary/aromatic N) is 1. The molecule has 28 heavy (non-hydrogen) atoms.